The molecule has 0 radical (unpaired) electrons. The average molecular weight is 416 g/mol. The predicted octanol–water partition coefficient (Wildman–Crippen LogP) is 3.67. The molecular formula is C20H18ClN3O3S. The predicted molar refractivity (Wildman–Crippen MR) is 107 cm³/mol. The maximum atomic E-state index is 13.3. The molecule has 1 aromatic carbocycles. The number of thioether (sulfide) groups is 1. The van der Waals surface area contributed by atoms with Crippen molar-refractivity contribution in [2.24, 2.45) is 0 Å². The second-order valence-electron chi connectivity index (χ2n) is 6.62. The van der Waals surface area contributed by atoms with Crippen LogP contribution in [0.2, 0.25) is 5.02 Å². The number of hydrogen-bond acceptors (Lipinski definition) is 5. The van der Waals surface area contributed by atoms with E-state index < -0.39 is 0 Å². The number of fused-ring (bicyclic) bond motifs is 1. The van der Waals surface area contributed by atoms with Gasteiger partial charge in [-0.3, -0.25) is 20.0 Å². The van der Waals surface area contributed by atoms with Crippen LogP contribution in [0.4, 0.5) is 0 Å². The molecule has 0 spiro atoms. The number of carbonyl (C=O) groups is 2. The first-order valence-corrected chi connectivity index (χ1v) is 9.95. The minimum Gasteiger partial charge on any atom is -0.495 e. The standard InChI is InChI=1S/C20H18ClN3O3S/c1-11(25)23-24-16(15-5-3-4-6-22-15)9-13-7-12-8-14(21)17(27-2)10-18(12)28-19(13)20(24)26/h3-6,8,10,16H,7,9H2,1-2H3,(H,23,25). The molecule has 6 nitrogen and oxygen atoms in total. The van der Waals surface area contributed by atoms with Gasteiger partial charge in [0.15, 0.2) is 0 Å². The summed E-state index contributed by atoms with van der Waals surface area (Å²) in [5, 5.41) is 1.95. The molecule has 1 aromatic heterocycles. The van der Waals surface area contributed by atoms with Crippen LogP contribution in [0.15, 0.2) is 51.9 Å². The Bertz CT molecular complexity index is 994. The number of hydrazine groups is 1. The summed E-state index contributed by atoms with van der Waals surface area (Å²) in [5.41, 5.74) is 5.51. The molecule has 4 rings (SSSR count). The van der Waals surface area contributed by atoms with Crippen LogP contribution in [-0.4, -0.2) is 28.9 Å². The summed E-state index contributed by atoms with van der Waals surface area (Å²) < 4.78 is 5.30. The van der Waals surface area contributed by atoms with Gasteiger partial charge in [-0.15, -0.1) is 0 Å². The van der Waals surface area contributed by atoms with Crippen LogP contribution >= 0.6 is 23.4 Å². The Morgan fingerprint density at radius 2 is 2.21 bits per heavy atom. The molecule has 2 aliphatic heterocycles. The molecule has 0 aliphatic carbocycles. The van der Waals surface area contributed by atoms with E-state index in [2.05, 4.69) is 10.4 Å². The molecule has 1 unspecified atom stereocenters. The third kappa shape index (κ3) is 3.36. The number of carbonyl (C=O) groups excluding carboxylic acids is 2. The zero-order chi connectivity index (χ0) is 19.8. The fourth-order valence-electron chi connectivity index (χ4n) is 3.50. The van der Waals surface area contributed by atoms with Gasteiger partial charge in [0.2, 0.25) is 5.91 Å². The Balaban J connectivity index is 1.74. The normalized spacial score (nSPS) is 18.5. The minimum absolute atomic E-state index is 0.225. The molecular weight excluding hydrogens is 398 g/mol. The van der Waals surface area contributed by atoms with E-state index in [1.165, 1.54) is 23.7 Å². The number of pyridine rings is 1. The highest BCUT2D eigenvalue weighted by molar-refractivity contribution is 8.04. The van der Waals surface area contributed by atoms with Gasteiger partial charge in [-0.2, -0.15) is 0 Å². The van der Waals surface area contributed by atoms with E-state index in [9.17, 15) is 9.59 Å². The number of ether oxygens (including phenoxy) is 1. The summed E-state index contributed by atoms with van der Waals surface area (Å²) >= 11 is 7.68. The van der Waals surface area contributed by atoms with E-state index in [0.29, 0.717) is 28.5 Å². The highest BCUT2D eigenvalue weighted by atomic mass is 35.5. The Morgan fingerprint density at radius 3 is 2.89 bits per heavy atom. The van der Waals surface area contributed by atoms with Crippen LogP contribution in [0, 0.1) is 0 Å². The van der Waals surface area contributed by atoms with E-state index in [1.807, 2.05) is 30.3 Å². The van der Waals surface area contributed by atoms with Crippen LogP contribution in [0.3, 0.4) is 0 Å². The lowest BCUT2D eigenvalue weighted by Crippen LogP contribution is -2.50. The Hall–Kier alpha value is -2.51. The lowest BCUT2D eigenvalue weighted by atomic mass is 9.92. The number of nitrogens with zero attached hydrogens (tertiary/aromatic N) is 2. The quantitative estimate of drug-likeness (QED) is 0.828. The summed E-state index contributed by atoms with van der Waals surface area (Å²) in [7, 11) is 1.56. The summed E-state index contributed by atoms with van der Waals surface area (Å²) in [6.45, 7) is 1.39. The van der Waals surface area contributed by atoms with Crippen molar-refractivity contribution in [1.82, 2.24) is 15.4 Å². The highest BCUT2D eigenvalue weighted by Gasteiger charge is 2.39. The van der Waals surface area contributed by atoms with Gasteiger partial charge in [0.1, 0.15) is 5.75 Å². The van der Waals surface area contributed by atoms with Gasteiger partial charge >= 0.3 is 0 Å². The molecule has 1 N–H and O–H groups in total. The molecule has 2 aromatic rings. The number of amides is 2. The largest absolute Gasteiger partial charge is 0.495 e. The van der Waals surface area contributed by atoms with Gasteiger partial charge in [0.05, 0.1) is 28.8 Å². The first kappa shape index (κ1) is 18.8. The van der Waals surface area contributed by atoms with E-state index in [1.54, 1.807) is 13.3 Å². The molecule has 0 fully saturated rings. The van der Waals surface area contributed by atoms with Crippen molar-refractivity contribution in [3.8, 4) is 5.75 Å². The molecule has 8 heteroatoms. The number of nitrogens with one attached hydrogen (secondary N) is 1. The highest BCUT2D eigenvalue weighted by Crippen LogP contribution is 2.48. The van der Waals surface area contributed by atoms with E-state index in [0.717, 1.165) is 21.7 Å². The number of halogens is 1. The van der Waals surface area contributed by atoms with E-state index >= 15 is 0 Å². The van der Waals surface area contributed by atoms with Crippen molar-refractivity contribution in [2.75, 3.05) is 7.11 Å². The third-order valence-electron chi connectivity index (χ3n) is 4.74. The molecule has 0 saturated heterocycles. The number of hydrogen-bond donors (Lipinski definition) is 1. The van der Waals surface area contributed by atoms with Crippen LogP contribution in [0.25, 0.3) is 0 Å². The molecule has 0 saturated carbocycles. The topological polar surface area (TPSA) is 71.5 Å². The smallest absolute Gasteiger partial charge is 0.279 e. The Labute approximate surface area is 171 Å². The van der Waals surface area contributed by atoms with Gasteiger partial charge in [0.25, 0.3) is 5.91 Å². The molecule has 28 heavy (non-hydrogen) atoms. The van der Waals surface area contributed by atoms with Gasteiger partial charge < -0.3 is 4.74 Å². The van der Waals surface area contributed by atoms with Crippen LogP contribution < -0.4 is 10.2 Å². The maximum absolute atomic E-state index is 13.3. The molecule has 0 bridgehead atoms. The number of aromatic nitrogens is 1. The Kier molecular flexibility index (Phi) is 5.03. The number of benzene rings is 1. The average Bonchev–Trinajstić information content (AvgIpc) is 2.69. The number of methoxy groups -OCH3 is 1. The zero-order valence-corrected chi connectivity index (χ0v) is 16.9. The number of rotatable bonds is 3. The minimum atomic E-state index is -0.354. The molecule has 3 heterocycles. The first-order valence-electron chi connectivity index (χ1n) is 8.76. The van der Waals surface area contributed by atoms with Crippen molar-refractivity contribution in [2.45, 2.75) is 30.7 Å². The monoisotopic (exact) mass is 415 g/mol. The molecule has 1 atom stereocenters. The Morgan fingerprint density at radius 1 is 1.39 bits per heavy atom. The van der Waals surface area contributed by atoms with E-state index in [4.69, 9.17) is 16.3 Å². The first-order chi connectivity index (χ1) is 13.5. The van der Waals surface area contributed by atoms with Crippen molar-refractivity contribution in [3.05, 3.63) is 63.3 Å². The van der Waals surface area contributed by atoms with Crippen molar-refractivity contribution in [1.29, 1.82) is 0 Å². The maximum Gasteiger partial charge on any atom is 0.279 e. The molecule has 2 amide bonds. The fraction of sp³-hybridized carbons (Fsp3) is 0.250. The SMILES string of the molecule is COc1cc2c(cc1Cl)CC1=C(S2)C(=O)N(NC(C)=O)C(c2ccccn2)C1. The third-order valence-corrected chi connectivity index (χ3v) is 6.31. The lowest BCUT2D eigenvalue weighted by Gasteiger charge is -2.38. The van der Waals surface area contributed by atoms with Gasteiger partial charge in [-0.25, -0.2) is 5.01 Å². The van der Waals surface area contributed by atoms with Gasteiger partial charge in [-0.1, -0.05) is 29.4 Å². The second kappa shape index (κ2) is 7.48. The molecule has 2 aliphatic rings. The van der Waals surface area contributed by atoms with Crippen molar-refractivity contribution >= 4 is 35.2 Å². The van der Waals surface area contributed by atoms with Crippen molar-refractivity contribution < 1.29 is 14.3 Å². The molecule has 144 valence electrons. The van der Waals surface area contributed by atoms with E-state index in [-0.39, 0.29) is 17.9 Å². The summed E-state index contributed by atoms with van der Waals surface area (Å²) in [6.07, 6.45) is 2.91. The van der Waals surface area contributed by atoms with Crippen LogP contribution in [0.5, 0.6) is 5.75 Å². The summed E-state index contributed by atoms with van der Waals surface area (Å²) in [5.74, 6) is 0.0509. The van der Waals surface area contributed by atoms with Crippen LogP contribution in [-0.2, 0) is 16.0 Å². The lowest BCUT2D eigenvalue weighted by molar-refractivity contribution is -0.141. The second-order valence-corrected chi connectivity index (χ2v) is 8.08. The summed E-state index contributed by atoms with van der Waals surface area (Å²) in [6, 6.07) is 8.96. The van der Waals surface area contributed by atoms with Gasteiger partial charge in [0, 0.05) is 18.0 Å². The van der Waals surface area contributed by atoms with Crippen LogP contribution in [0.1, 0.15) is 30.6 Å². The van der Waals surface area contributed by atoms with Gasteiger partial charge in [-0.05, 0) is 48.2 Å². The van der Waals surface area contributed by atoms with Crippen molar-refractivity contribution in [3.63, 3.8) is 0 Å². The zero-order valence-electron chi connectivity index (χ0n) is 15.4. The fourth-order valence-corrected chi connectivity index (χ4v) is 4.90. The summed E-state index contributed by atoms with van der Waals surface area (Å²) in [4.78, 5) is 31.0.